The first-order valence-electron chi connectivity index (χ1n) is 10.9. The summed E-state index contributed by atoms with van der Waals surface area (Å²) in [6.45, 7) is 4.25. The SMILES string of the molecule is CCNC(=O)O.Cc1nnc(-c2ccc(-c3nc4ccccc4o3)cc2)n1C1CCCC1. The van der Waals surface area contributed by atoms with E-state index in [1.165, 1.54) is 25.7 Å². The Kier molecular flexibility index (Phi) is 6.49. The van der Waals surface area contributed by atoms with Crippen molar-refractivity contribution < 1.29 is 14.3 Å². The number of hydrogen-bond donors (Lipinski definition) is 2. The van der Waals surface area contributed by atoms with Gasteiger partial charge in [0, 0.05) is 23.7 Å². The molecule has 32 heavy (non-hydrogen) atoms. The molecule has 166 valence electrons. The zero-order valence-corrected chi connectivity index (χ0v) is 18.3. The van der Waals surface area contributed by atoms with Crippen molar-refractivity contribution in [2.24, 2.45) is 0 Å². The number of aryl methyl sites for hydroxylation is 1. The Balaban J connectivity index is 0.000000363. The number of carboxylic acid groups (broad SMARTS) is 1. The highest BCUT2D eigenvalue weighted by molar-refractivity contribution is 5.76. The molecule has 5 rings (SSSR count). The number of amides is 1. The molecule has 0 radical (unpaired) electrons. The van der Waals surface area contributed by atoms with Crippen LogP contribution in [0.1, 0.15) is 44.5 Å². The molecule has 8 heteroatoms. The molecule has 0 atom stereocenters. The van der Waals surface area contributed by atoms with Crippen LogP contribution in [0.25, 0.3) is 33.9 Å². The predicted molar refractivity (Wildman–Crippen MR) is 122 cm³/mol. The van der Waals surface area contributed by atoms with Crippen molar-refractivity contribution in [1.29, 1.82) is 0 Å². The van der Waals surface area contributed by atoms with Crippen molar-refractivity contribution in [2.75, 3.05) is 6.54 Å². The first kappa shape index (κ1) is 21.5. The summed E-state index contributed by atoms with van der Waals surface area (Å²) in [4.78, 5) is 14.1. The fourth-order valence-corrected chi connectivity index (χ4v) is 4.07. The Morgan fingerprint density at radius 3 is 2.41 bits per heavy atom. The van der Waals surface area contributed by atoms with Gasteiger partial charge in [-0.3, -0.25) is 0 Å². The summed E-state index contributed by atoms with van der Waals surface area (Å²) < 4.78 is 8.17. The predicted octanol–water partition coefficient (Wildman–Crippen LogP) is 5.45. The molecular weight excluding hydrogens is 406 g/mol. The number of carbonyl (C=O) groups is 1. The highest BCUT2D eigenvalue weighted by Gasteiger charge is 2.23. The number of nitrogens with one attached hydrogen (secondary N) is 1. The molecule has 0 spiro atoms. The molecule has 1 saturated carbocycles. The molecule has 0 aliphatic heterocycles. The van der Waals surface area contributed by atoms with Crippen LogP contribution in [0.3, 0.4) is 0 Å². The van der Waals surface area contributed by atoms with E-state index in [2.05, 4.69) is 37.2 Å². The molecule has 8 nitrogen and oxygen atoms in total. The van der Waals surface area contributed by atoms with E-state index in [1.807, 2.05) is 43.3 Å². The van der Waals surface area contributed by atoms with Gasteiger partial charge in [-0.2, -0.15) is 0 Å². The average molecular weight is 434 g/mol. The van der Waals surface area contributed by atoms with Crippen LogP contribution in [0, 0.1) is 6.92 Å². The van der Waals surface area contributed by atoms with E-state index < -0.39 is 6.09 Å². The number of oxazole rings is 1. The Hall–Kier alpha value is -3.68. The van der Waals surface area contributed by atoms with Gasteiger partial charge < -0.3 is 19.4 Å². The zero-order valence-electron chi connectivity index (χ0n) is 18.3. The van der Waals surface area contributed by atoms with Crippen molar-refractivity contribution in [2.45, 2.75) is 45.6 Å². The molecule has 1 aliphatic rings. The fraction of sp³-hybridized carbons (Fsp3) is 0.333. The molecule has 1 aliphatic carbocycles. The quantitative estimate of drug-likeness (QED) is 0.443. The van der Waals surface area contributed by atoms with E-state index in [0.29, 0.717) is 18.5 Å². The van der Waals surface area contributed by atoms with Gasteiger partial charge in [0.25, 0.3) is 0 Å². The first-order chi connectivity index (χ1) is 15.6. The van der Waals surface area contributed by atoms with Crippen LogP contribution in [-0.2, 0) is 0 Å². The third-order valence-electron chi connectivity index (χ3n) is 5.57. The highest BCUT2D eigenvalue weighted by Crippen LogP contribution is 2.34. The maximum atomic E-state index is 9.49. The lowest BCUT2D eigenvalue weighted by Crippen LogP contribution is -2.19. The molecule has 2 heterocycles. The van der Waals surface area contributed by atoms with Crippen LogP contribution in [0.5, 0.6) is 0 Å². The van der Waals surface area contributed by atoms with Gasteiger partial charge in [-0.05, 0) is 51.0 Å². The normalized spacial score (nSPS) is 13.7. The van der Waals surface area contributed by atoms with E-state index in [0.717, 1.165) is 33.9 Å². The minimum atomic E-state index is -0.961. The largest absolute Gasteiger partial charge is 0.465 e. The second-order valence-corrected chi connectivity index (χ2v) is 7.78. The van der Waals surface area contributed by atoms with Crippen LogP contribution in [0.2, 0.25) is 0 Å². The standard InChI is InChI=1S/C21H20N4O.C3H7NO2/c1-14-23-24-20(25(14)17-6-2-3-7-17)15-10-12-16(13-11-15)21-22-18-8-4-5-9-19(18)26-21;1-2-4-3(5)6/h4-5,8-13,17H,2-3,6-7H2,1H3;4H,2H2,1H3,(H,5,6). The summed E-state index contributed by atoms with van der Waals surface area (Å²) in [5.41, 5.74) is 3.73. The third kappa shape index (κ3) is 4.64. The topological polar surface area (TPSA) is 106 Å². The van der Waals surface area contributed by atoms with Gasteiger partial charge in [0.05, 0.1) is 0 Å². The summed E-state index contributed by atoms with van der Waals surface area (Å²) in [6, 6.07) is 16.6. The molecule has 0 unspecified atom stereocenters. The summed E-state index contributed by atoms with van der Waals surface area (Å²) in [7, 11) is 0. The Labute approximate surface area is 186 Å². The molecule has 1 amide bonds. The minimum Gasteiger partial charge on any atom is -0.465 e. The molecule has 0 bridgehead atoms. The van der Waals surface area contributed by atoms with Crippen molar-refractivity contribution >= 4 is 17.2 Å². The minimum absolute atomic E-state index is 0.481. The number of hydrogen-bond acceptors (Lipinski definition) is 5. The van der Waals surface area contributed by atoms with Gasteiger partial charge in [-0.1, -0.05) is 37.1 Å². The highest BCUT2D eigenvalue weighted by atomic mass is 16.4. The molecule has 0 saturated heterocycles. The average Bonchev–Trinajstić information content (AvgIpc) is 3.53. The lowest BCUT2D eigenvalue weighted by molar-refractivity contribution is 0.195. The number of rotatable bonds is 4. The third-order valence-corrected chi connectivity index (χ3v) is 5.57. The van der Waals surface area contributed by atoms with Gasteiger partial charge in [-0.15, -0.1) is 10.2 Å². The van der Waals surface area contributed by atoms with Crippen LogP contribution in [0.15, 0.2) is 52.9 Å². The number of fused-ring (bicyclic) bond motifs is 1. The summed E-state index contributed by atoms with van der Waals surface area (Å²) >= 11 is 0. The molecule has 2 aromatic heterocycles. The van der Waals surface area contributed by atoms with Gasteiger partial charge >= 0.3 is 6.09 Å². The monoisotopic (exact) mass is 433 g/mol. The number of para-hydroxylation sites is 2. The van der Waals surface area contributed by atoms with Crippen molar-refractivity contribution in [3.63, 3.8) is 0 Å². The van der Waals surface area contributed by atoms with Crippen LogP contribution < -0.4 is 5.32 Å². The van der Waals surface area contributed by atoms with E-state index in [9.17, 15) is 4.79 Å². The Morgan fingerprint density at radius 2 is 1.78 bits per heavy atom. The molecule has 2 aromatic carbocycles. The van der Waals surface area contributed by atoms with Crippen LogP contribution in [0.4, 0.5) is 4.79 Å². The second kappa shape index (κ2) is 9.64. The lowest BCUT2D eigenvalue weighted by Gasteiger charge is -2.15. The molecule has 4 aromatic rings. The van der Waals surface area contributed by atoms with E-state index >= 15 is 0 Å². The zero-order chi connectivity index (χ0) is 22.5. The van der Waals surface area contributed by atoms with Crippen molar-refractivity contribution in [3.8, 4) is 22.8 Å². The van der Waals surface area contributed by atoms with Gasteiger partial charge in [0.15, 0.2) is 11.4 Å². The maximum absolute atomic E-state index is 9.49. The maximum Gasteiger partial charge on any atom is 0.404 e. The summed E-state index contributed by atoms with van der Waals surface area (Å²) in [6.07, 6.45) is 4.05. The van der Waals surface area contributed by atoms with Gasteiger partial charge in [0.2, 0.25) is 5.89 Å². The van der Waals surface area contributed by atoms with E-state index in [1.54, 1.807) is 6.92 Å². The molecule has 1 fully saturated rings. The van der Waals surface area contributed by atoms with E-state index in [-0.39, 0.29) is 0 Å². The summed E-state index contributed by atoms with van der Waals surface area (Å²) in [5.74, 6) is 2.60. The van der Waals surface area contributed by atoms with Crippen LogP contribution >= 0.6 is 0 Å². The number of benzene rings is 2. The van der Waals surface area contributed by atoms with Gasteiger partial charge in [0.1, 0.15) is 11.3 Å². The van der Waals surface area contributed by atoms with Gasteiger partial charge in [-0.25, -0.2) is 9.78 Å². The Bertz CT molecular complexity index is 1160. The molecule has 2 N–H and O–H groups in total. The van der Waals surface area contributed by atoms with E-state index in [4.69, 9.17) is 9.52 Å². The first-order valence-corrected chi connectivity index (χ1v) is 10.9. The van der Waals surface area contributed by atoms with Crippen molar-refractivity contribution in [1.82, 2.24) is 25.1 Å². The second-order valence-electron chi connectivity index (χ2n) is 7.78. The molecular formula is C24H27N5O3. The Morgan fingerprint density at radius 1 is 1.09 bits per heavy atom. The van der Waals surface area contributed by atoms with Crippen LogP contribution in [-0.4, -0.2) is 37.5 Å². The smallest absolute Gasteiger partial charge is 0.404 e. The van der Waals surface area contributed by atoms with Crippen molar-refractivity contribution in [3.05, 3.63) is 54.4 Å². The fourth-order valence-electron chi connectivity index (χ4n) is 4.07. The number of aromatic nitrogens is 4. The summed E-state index contributed by atoms with van der Waals surface area (Å²) in [5, 5.41) is 18.7. The number of nitrogens with zero attached hydrogens (tertiary/aromatic N) is 4. The lowest BCUT2D eigenvalue weighted by atomic mass is 10.1.